The minimum atomic E-state index is -0.293. The number of thioether (sulfide) groups is 1. The summed E-state index contributed by atoms with van der Waals surface area (Å²) in [7, 11) is 0. The van der Waals surface area contributed by atoms with Gasteiger partial charge in [-0.05, 0) is 31.2 Å². The van der Waals surface area contributed by atoms with Gasteiger partial charge < -0.3 is 5.32 Å². The molecule has 20 heavy (non-hydrogen) atoms. The number of halogens is 1. The number of hydrogen-bond acceptors (Lipinski definition) is 3. The third-order valence-corrected chi connectivity index (χ3v) is 5.56. The van der Waals surface area contributed by atoms with Crippen LogP contribution >= 0.6 is 11.8 Å². The van der Waals surface area contributed by atoms with Crippen LogP contribution in [0.3, 0.4) is 0 Å². The van der Waals surface area contributed by atoms with Gasteiger partial charge in [0.25, 0.3) is 0 Å². The summed E-state index contributed by atoms with van der Waals surface area (Å²) in [5.41, 5.74) is 1.01. The molecule has 4 heteroatoms. The van der Waals surface area contributed by atoms with Gasteiger partial charge in [-0.1, -0.05) is 25.3 Å². The van der Waals surface area contributed by atoms with Crippen molar-refractivity contribution < 1.29 is 4.39 Å². The quantitative estimate of drug-likeness (QED) is 0.895. The monoisotopic (exact) mass is 292 g/mol. The summed E-state index contributed by atoms with van der Waals surface area (Å²) >= 11 is 1.94. The van der Waals surface area contributed by atoms with Crippen molar-refractivity contribution in [3.05, 3.63) is 35.1 Å². The molecule has 0 saturated heterocycles. The smallest absolute Gasteiger partial charge is 0.129 e. The lowest BCUT2D eigenvalue weighted by atomic mass is 9.88. The zero-order valence-electron chi connectivity index (χ0n) is 11.9. The first-order chi connectivity index (χ1) is 9.69. The summed E-state index contributed by atoms with van der Waals surface area (Å²) in [6.45, 7) is 1.45. The molecule has 0 radical (unpaired) electrons. The van der Waals surface area contributed by atoms with Crippen LogP contribution < -0.4 is 5.32 Å². The van der Waals surface area contributed by atoms with E-state index in [1.165, 1.54) is 38.2 Å². The van der Waals surface area contributed by atoms with Crippen molar-refractivity contribution in [1.29, 1.82) is 5.26 Å². The van der Waals surface area contributed by atoms with E-state index in [0.29, 0.717) is 22.4 Å². The lowest BCUT2D eigenvalue weighted by Gasteiger charge is -2.36. The average Bonchev–Trinajstić information content (AvgIpc) is 2.50. The number of hydrogen-bond donors (Lipinski definition) is 1. The van der Waals surface area contributed by atoms with Crippen molar-refractivity contribution in [3.63, 3.8) is 0 Å². The Bertz CT molecular complexity index is 490. The molecule has 0 bridgehead atoms. The molecular weight excluding hydrogens is 271 g/mol. The maximum Gasteiger partial charge on any atom is 0.129 e. The first-order valence-electron chi connectivity index (χ1n) is 7.13. The second-order valence-corrected chi connectivity index (χ2v) is 6.74. The third-order valence-electron chi connectivity index (χ3n) is 4.14. The van der Waals surface area contributed by atoms with Crippen LogP contribution in [0.15, 0.2) is 18.2 Å². The predicted octanol–water partition coefficient (Wildman–Crippen LogP) is 3.85. The van der Waals surface area contributed by atoms with Gasteiger partial charge in [0.1, 0.15) is 5.82 Å². The Morgan fingerprint density at radius 3 is 2.70 bits per heavy atom. The van der Waals surface area contributed by atoms with Gasteiger partial charge in [0.05, 0.1) is 11.6 Å². The number of nitrogens with one attached hydrogen (secondary N) is 1. The van der Waals surface area contributed by atoms with Gasteiger partial charge in [0, 0.05) is 23.4 Å². The Morgan fingerprint density at radius 1 is 1.35 bits per heavy atom. The predicted molar refractivity (Wildman–Crippen MR) is 82.2 cm³/mol. The molecule has 108 valence electrons. The van der Waals surface area contributed by atoms with Crippen molar-refractivity contribution in [2.75, 3.05) is 12.8 Å². The summed E-state index contributed by atoms with van der Waals surface area (Å²) in [5.74, 6) is -0.293. The highest BCUT2D eigenvalue weighted by Crippen LogP contribution is 2.37. The van der Waals surface area contributed by atoms with E-state index in [1.54, 1.807) is 12.1 Å². The largest absolute Gasteiger partial charge is 0.311 e. The lowest BCUT2D eigenvalue weighted by Crippen LogP contribution is -2.39. The highest BCUT2D eigenvalue weighted by atomic mass is 32.2. The minimum Gasteiger partial charge on any atom is -0.311 e. The van der Waals surface area contributed by atoms with Crippen LogP contribution in [0.4, 0.5) is 4.39 Å². The average molecular weight is 292 g/mol. The van der Waals surface area contributed by atoms with E-state index in [9.17, 15) is 4.39 Å². The molecule has 1 aromatic rings. The molecule has 1 aliphatic rings. The van der Waals surface area contributed by atoms with Crippen LogP contribution in [0.2, 0.25) is 0 Å². The van der Waals surface area contributed by atoms with Gasteiger partial charge in [-0.3, -0.25) is 0 Å². The van der Waals surface area contributed by atoms with E-state index < -0.39 is 0 Å². The molecule has 1 saturated carbocycles. The lowest BCUT2D eigenvalue weighted by molar-refractivity contribution is 0.378. The van der Waals surface area contributed by atoms with E-state index in [1.807, 2.05) is 17.8 Å². The molecule has 1 fully saturated rings. The van der Waals surface area contributed by atoms with Crippen LogP contribution in [0, 0.1) is 17.1 Å². The van der Waals surface area contributed by atoms with Crippen LogP contribution in [-0.4, -0.2) is 17.5 Å². The Labute approximate surface area is 124 Å². The van der Waals surface area contributed by atoms with E-state index in [0.717, 1.165) is 6.54 Å². The number of nitriles is 1. The summed E-state index contributed by atoms with van der Waals surface area (Å²) in [4.78, 5) is 0. The molecule has 0 amide bonds. The normalized spacial score (nSPS) is 17.6. The Kier molecular flexibility index (Phi) is 5.45. The Hall–Kier alpha value is -1.05. The van der Waals surface area contributed by atoms with Crippen molar-refractivity contribution in [1.82, 2.24) is 5.32 Å². The molecule has 0 unspecified atom stereocenters. The highest BCUT2D eigenvalue weighted by molar-refractivity contribution is 8.00. The maximum atomic E-state index is 13.8. The molecule has 1 aromatic carbocycles. The van der Waals surface area contributed by atoms with Crippen molar-refractivity contribution >= 4 is 11.8 Å². The fourth-order valence-electron chi connectivity index (χ4n) is 2.83. The molecule has 0 aliphatic heterocycles. The fourth-order valence-corrected chi connectivity index (χ4v) is 3.78. The number of rotatable bonds is 5. The van der Waals surface area contributed by atoms with Crippen LogP contribution in [-0.2, 0) is 6.54 Å². The second-order valence-electron chi connectivity index (χ2n) is 5.47. The van der Waals surface area contributed by atoms with Gasteiger partial charge in [0.2, 0.25) is 0 Å². The van der Waals surface area contributed by atoms with E-state index in [-0.39, 0.29) is 5.82 Å². The maximum absolute atomic E-state index is 13.8. The Morgan fingerprint density at radius 2 is 2.10 bits per heavy atom. The van der Waals surface area contributed by atoms with Gasteiger partial charge in [-0.2, -0.15) is 17.0 Å². The van der Waals surface area contributed by atoms with E-state index in [4.69, 9.17) is 5.26 Å². The first kappa shape index (κ1) is 15.3. The molecule has 2 nitrogen and oxygen atoms in total. The fraction of sp³-hybridized carbons (Fsp3) is 0.562. The molecule has 0 heterocycles. The van der Waals surface area contributed by atoms with Crippen LogP contribution in [0.5, 0.6) is 0 Å². The van der Waals surface area contributed by atoms with Gasteiger partial charge in [-0.15, -0.1) is 0 Å². The summed E-state index contributed by atoms with van der Waals surface area (Å²) in [5, 5.41) is 12.1. The van der Waals surface area contributed by atoms with Crippen LogP contribution in [0.1, 0.15) is 43.2 Å². The molecule has 0 spiro atoms. The molecule has 1 aliphatic carbocycles. The topological polar surface area (TPSA) is 35.8 Å². The zero-order valence-corrected chi connectivity index (χ0v) is 12.7. The van der Waals surface area contributed by atoms with Crippen LogP contribution in [0.25, 0.3) is 0 Å². The van der Waals surface area contributed by atoms with Crippen molar-refractivity contribution in [3.8, 4) is 6.07 Å². The van der Waals surface area contributed by atoms with E-state index in [2.05, 4.69) is 11.6 Å². The molecule has 1 N–H and O–H groups in total. The minimum absolute atomic E-state index is 0.293. The molecular formula is C16H21FN2S. The van der Waals surface area contributed by atoms with Gasteiger partial charge in [-0.25, -0.2) is 4.39 Å². The second kappa shape index (κ2) is 7.10. The Balaban J connectivity index is 1.90. The standard InChI is InChI=1S/C16H21FN2S/c1-20-16(7-3-2-4-8-16)12-19-11-14-6-5-13(10-18)9-15(14)17/h5-6,9,19H,2-4,7-8,11-12H2,1H3. The van der Waals surface area contributed by atoms with Crippen molar-refractivity contribution in [2.24, 2.45) is 0 Å². The zero-order chi connectivity index (χ0) is 14.4. The number of nitrogens with zero attached hydrogens (tertiary/aromatic N) is 1. The molecule has 0 aromatic heterocycles. The number of benzene rings is 1. The SMILES string of the molecule is CSC1(CNCc2ccc(C#N)cc2F)CCCCC1. The van der Waals surface area contributed by atoms with Gasteiger partial charge in [0.15, 0.2) is 0 Å². The highest BCUT2D eigenvalue weighted by Gasteiger charge is 2.30. The summed E-state index contributed by atoms with van der Waals surface area (Å²) in [6, 6.07) is 6.64. The van der Waals surface area contributed by atoms with E-state index >= 15 is 0 Å². The van der Waals surface area contributed by atoms with Gasteiger partial charge >= 0.3 is 0 Å². The third kappa shape index (κ3) is 3.74. The molecule has 0 atom stereocenters. The van der Waals surface area contributed by atoms with Crippen molar-refractivity contribution in [2.45, 2.75) is 43.4 Å². The first-order valence-corrected chi connectivity index (χ1v) is 8.36. The summed E-state index contributed by atoms with van der Waals surface area (Å²) < 4.78 is 14.1. The molecule has 2 rings (SSSR count). The summed E-state index contributed by atoms with van der Waals surface area (Å²) in [6.07, 6.45) is 8.61.